The van der Waals surface area contributed by atoms with Crippen molar-refractivity contribution in [3.8, 4) is 11.1 Å². The van der Waals surface area contributed by atoms with E-state index >= 15 is 0 Å². The maximum atomic E-state index is 4.04. The van der Waals surface area contributed by atoms with Crippen LogP contribution in [0.15, 0.2) is 58.6 Å². The lowest BCUT2D eigenvalue weighted by molar-refractivity contribution is 0.911. The van der Waals surface area contributed by atoms with Crippen LogP contribution in [0.2, 0.25) is 0 Å². The van der Waals surface area contributed by atoms with Crippen molar-refractivity contribution in [2.75, 3.05) is 0 Å². The van der Waals surface area contributed by atoms with Gasteiger partial charge in [0.2, 0.25) is 0 Å². The second-order valence-electron chi connectivity index (χ2n) is 4.75. The average Bonchev–Trinajstić information content (AvgIpc) is 2.93. The van der Waals surface area contributed by atoms with Crippen molar-refractivity contribution >= 4 is 11.8 Å². The van der Waals surface area contributed by atoms with Crippen LogP contribution in [0, 0.1) is 13.8 Å². The van der Waals surface area contributed by atoms with Crippen LogP contribution < -0.4 is 0 Å². The molecule has 0 saturated carbocycles. The van der Waals surface area contributed by atoms with Crippen molar-refractivity contribution in [1.82, 2.24) is 15.4 Å². The van der Waals surface area contributed by atoms with Crippen molar-refractivity contribution in [1.29, 1.82) is 0 Å². The third-order valence-corrected chi connectivity index (χ3v) is 4.08. The van der Waals surface area contributed by atoms with Gasteiger partial charge in [-0.2, -0.15) is 10.3 Å². The molecule has 4 heteroatoms. The Morgan fingerprint density at radius 2 is 1.80 bits per heavy atom. The van der Waals surface area contributed by atoms with E-state index in [-0.39, 0.29) is 0 Å². The monoisotopic (exact) mass is 281 g/mol. The Morgan fingerprint density at radius 1 is 1.00 bits per heavy atom. The SMILES string of the molecule is Cc1ccc(-c2ccc(Sc3cn[nH]n3)cc2)c(C)c1. The van der Waals surface area contributed by atoms with E-state index in [1.165, 1.54) is 22.3 Å². The van der Waals surface area contributed by atoms with Gasteiger partial charge >= 0.3 is 0 Å². The van der Waals surface area contributed by atoms with Crippen molar-refractivity contribution in [3.63, 3.8) is 0 Å². The third kappa shape index (κ3) is 2.75. The lowest BCUT2D eigenvalue weighted by Crippen LogP contribution is -1.84. The number of nitrogens with one attached hydrogen (secondary N) is 1. The Morgan fingerprint density at radius 3 is 2.45 bits per heavy atom. The van der Waals surface area contributed by atoms with E-state index in [1.807, 2.05) is 0 Å². The summed E-state index contributed by atoms with van der Waals surface area (Å²) in [4.78, 5) is 1.16. The number of aromatic amines is 1. The molecule has 0 bridgehead atoms. The Bertz CT molecular complexity index is 703. The van der Waals surface area contributed by atoms with Gasteiger partial charge in [-0.05, 0) is 42.7 Å². The lowest BCUT2D eigenvalue weighted by atomic mass is 9.99. The van der Waals surface area contributed by atoms with Crippen LogP contribution >= 0.6 is 11.8 Å². The molecule has 0 amide bonds. The summed E-state index contributed by atoms with van der Waals surface area (Å²) in [6.07, 6.45) is 1.72. The molecule has 1 N–H and O–H groups in total. The van der Waals surface area contributed by atoms with Crippen molar-refractivity contribution in [2.24, 2.45) is 0 Å². The number of benzene rings is 2. The molecule has 100 valence electrons. The molecule has 0 unspecified atom stereocenters. The number of rotatable bonds is 3. The predicted octanol–water partition coefficient (Wildman–Crippen LogP) is 4.24. The normalized spacial score (nSPS) is 10.7. The van der Waals surface area contributed by atoms with E-state index < -0.39 is 0 Å². The summed E-state index contributed by atoms with van der Waals surface area (Å²) in [6, 6.07) is 15.1. The summed E-state index contributed by atoms with van der Waals surface area (Å²) >= 11 is 1.60. The van der Waals surface area contributed by atoms with Crippen LogP contribution in [-0.4, -0.2) is 15.4 Å². The van der Waals surface area contributed by atoms with E-state index in [0.29, 0.717) is 0 Å². The highest BCUT2D eigenvalue weighted by atomic mass is 32.2. The van der Waals surface area contributed by atoms with Crippen LogP contribution in [0.3, 0.4) is 0 Å². The molecule has 0 spiro atoms. The number of H-pyrrole nitrogens is 1. The maximum Gasteiger partial charge on any atom is 0.143 e. The summed E-state index contributed by atoms with van der Waals surface area (Å²) in [5, 5.41) is 11.3. The van der Waals surface area contributed by atoms with Crippen molar-refractivity contribution in [3.05, 3.63) is 59.8 Å². The zero-order valence-electron chi connectivity index (χ0n) is 11.4. The van der Waals surface area contributed by atoms with E-state index in [4.69, 9.17) is 0 Å². The quantitative estimate of drug-likeness (QED) is 0.780. The first-order valence-corrected chi connectivity index (χ1v) is 7.25. The van der Waals surface area contributed by atoms with Gasteiger partial charge in [-0.1, -0.05) is 47.7 Å². The molecule has 1 heterocycles. The van der Waals surface area contributed by atoms with Gasteiger partial charge in [-0.15, -0.1) is 5.10 Å². The van der Waals surface area contributed by atoms with Gasteiger partial charge in [0, 0.05) is 4.90 Å². The standard InChI is InChI=1S/C16H15N3S/c1-11-3-8-15(12(2)9-11)13-4-6-14(7-5-13)20-16-10-17-19-18-16/h3-10H,1-2H3,(H,17,18,19). The average molecular weight is 281 g/mol. The summed E-state index contributed by atoms with van der Waals surface area (Å²) in [7, 11) is 0. The van der Waals surface area contributed by atoms with Gasteiger partial charge in [0.1, 0.15) is 5.03 Å². The number of aryl methyl sites for hydroxylation is 2. The molecule has 0 aliphatic heterocycles. The van der Waals surface area contributed by atoms with Gasteiger partial charge in [0.15, 0.2) is 0 Å². The largest absolute Gasteiger partial charge is 0.197 e. The van der Waals surface area contributed by atoms with Crippen LogP contribution in [0.4, 0.5) is 0 Å². The third-order valence-electron chi connectivity index (χ3n) is 3.16. The smallest absolute Gasteiger partial charge is 0.143 e. The molecule has 0 atom stereocenters. The fourth-order valence-electron chi connectivity index (χ4n) is 2.20. The Labute approximate surface area is 122 Å². The van der Waals surface area contributed by atoms with E-state index in [2.05, 4.69) is 71.7 Å². The zero-order chi connectivity index (χ0) is 13.9. The molecular weight excluding hydrogens is 266 g/mol. The fraction of sp³-hybridized carbons (Fsp3) is 0.125. The summed E-state index contributed by atoms with van der Waals surface area (Å²) in [5.74, 6) is 0. The summed E-state index contributed by atoms with van der Waals surface area (Å²) in [5.41, 5.74) is 5.13. The highest BCUT2D eigenvalue weighted by molar-refractivity contribution is 7.99. The number of hydrogen-bond donors (Lipinski definition) is 1. The minimum atomic E-state index is 0.879. The van der Waals surface area contributed by atoms with Crippen molar-refractivity contribution in [2.45, 2.75) is 23.8 Å². The van der Waals surface area contributed by atoms with Crippen LogP contribution in [-0.2, 0) is 0 Å². The Hall–Kier alpha value is -2.07. The van der Waals surface area contributed by atoms with E-state index in [9.17, 15) is 0 Å². The lowest BCUT2D eigenvalue weighted by Gasteiger charge is -2.08. The number of hydrogen-bond acceptors (Lipinski definition) is 3. The molecule has 2 aromatic carbocycles. The molecule has 3 rings (SSSR count). The maximum absolute atomic E-state index is 4.04. The molecule has 0 aliphatic carbocycles. The van der Waals surface area contributed by atoms with Gasteiger partial charge in [-0.3, -0.25) is 0 Å². The highest BCUT2D eigenvalue weighted by Gasteiger charge is 2.04. The molecule has 0 radical (unpaired) electrons. The summed E-state index contributed by atoms with van der Waals surface area (Å²) in [6.45, 7) is 4.27. The van der Waals surface area contributed by atoms with Crippen LogP contribution in [0.25, 0.3) is 11.1 Å². The minimum Gasteiger partial charge on any atom is -0.197 e. The van der Waals surface area contributed by atoms with Crippen molar-refractivity contribution < 1.29 is 0 Å². The second-order valence-corrected chi connectivity index (χ2v) is 5.85. The predicted molar refractivity (Wildman–Crippen MR) is 81.9 cm³/mol. The first-order chi connectivity index (χ1) is 9.72. The second kappa shape index (κ2) is 5.51. The van der Waals surface area contributed by atoms with E-state index in [1.54, 1.807) is 18.0 Å². The Balaban J connectivity index is 1.85. The molecule has 3 aromatic rings. The van der Waals surface area contributed by atoms with Gasteiger partial charge in [0.05, 0.1) is 6.20 Å². The number of nitrogens with zero attached hydrogens (tertiary/aromatic N) is 2. The van der Waals surface area contributed by atoms with Gasteiger partial charge in [0.25, 0.3) is 0 Å². The molecule has 0 saturated heterocycles. The molecule has 0 fully saturated rings. The van der Waals surface area contributed by atoms with Gasteiger partial charge in [-0.25, -0.2) is 0 Å². The topological polar surface area (TPSA) is 41.6 Å². The highest BCUT2D eigenvalue weighted by Crippen LogP contribution is 2.29. The van der Waals surface area contributed by atoms with Crippen LogP contribution in [0.1, 0.15) is 11.1 Å². The molecule has 3 nitrogen and oxygen atoms in total. The zero-order valence-corrected chi connectivity index (χ0v) is 12.2. The summed E-state index contributed by atoms with van der Waals surface area (Å²) < 4.78 is 0. The molecule has 0 aliphatic rings. The number of aromatic nitrogens is 3. The van der Waals surface area contributed by atoms with E-state index in [0.717, 1.165) is 9.92 Å². The Kier molecular flexibility index (Phi) is 3.56. The first-order valence-electron chi connectivity index (χ1n) is 6.44. The molecule has 1 aromatic heterocycles. The van der Waals surface area contributed by atoms with Gasteiger partial charge < -0.3 is 0 Å². The molecule has 20 heavy (non-hydrogen) atoms. The minimum absolute atomic E-state index is 0.879. The first kappa shape index (κ1) is 12.9. The van der Waals surface area contributed by atoms with Crippen LogP contribution in [0.5, 0.6) is 0 Å². The fourth-order valence-corrected chi connectivity index (χ4v) is 2.91. The molecular formula is C16H15N3S.